The van der Waals surface area contributed by atoms with Gasteiger partial charge in [-0.1, -0.05) is 35.5 Å². The maximum atomic E-state index is 15.4. The Morgan fingerprint density at radius 3 is 2.65 bits per heavy atom. The van der Waals surface area contributed by atoms with E-state index in [2.05, 4.69) is 25.2 Å². The van der Waals surface area contributed by atoms with E-state index in [1.807, 2.05) is 36.1 Å². The van der Waals surface area contributed by atoms with Gasteiger partial charge >= 0.3 is 0 Å². The van der Waals surface area contributed by atoms with Crippen LogP contribution in [0.4, 0.5) is 27.1 Å². The highest BCUT2D eigenvalue weighted by atomic mass is 35.5. The van der Waals surface area contributed by atoms with Crippen LogP contribution < -0.4 is 15.1 Å². The molecule has 1 N–H and O–H groups in total. The first-order valence-electron chi connectivity index (χ1n) is 15.1. The molecule has 48 heavy (non-hydrogen) atoms. The van der Waals surface area contributed by atoms with E-state index in [0.717, 1.165) is 10.7 Å². The molecule has 1 aromatic carbocycles. The molecule has 7 heterocycles. The number of aromatic nitrogens is 4. The van der Waals surface area contributed by atoms with E-state index in [-0.39, 0.29) is 23.2 Å². The fourth-order valence-corrected chi connectivity index (χ4v) is 8.11. The molecule has 1 saturated heterocycles. The van der Waals surface area contributed by atoms with E-state index in [4.69, 9.17) is 21.3 Å². The van der Waals surface area contributed by atoms with Gasteiger partial charge in [0.1, 0.15) is 10.8 Å². The number of anilines is 4. The van der Waals surface area contributed by atoms with Gasteiger partial charge in [0.15, 0.2) is 14.9 Å². The van der Waals surface area contributed by atoms with Gasteiger partial charge < -0.3 is 19.9 Å². The number of thioether (sulfide) groups is 1. The Kier molecular flexibility index (Phi) is 8.90. The summed E-state index contributed by atoms with van der Waals surface area (Å²) in [7, 11) is -3.59. The molecular weight excluding hydrogens is 677 g/mol. The van der Waals surface area contributed by atoms with Gasteiger partial charge in [-0.15, -0.1) is 0 Å². The second-order valence-corrected chi connectivity index (χ2v) is 14.6. The summed E-state index contributed by atoms with van der Waals surface area (Å²) in [6, 6.07) is 13.9. The zero-order chi connectivity index (χ0) is 33.4. The summed E-state index contributed by atoms with van der Waals surface area (Å²) in [6.45, 7) is 4.59. The van der Waals surface area contributed by atoms with Gasteiger partial charge in [-0.05, 0) is 43.3 Å². The first-order valence-corrected chi connectivity index (χ1v) is 18.1. The van der Waals surface area contributed by atoms with Gasteiger partial charge in [-0.2, -0.15) is 0 Å². The fraction of sp³-hybridized carbons (Fsp3) is 0.242. The number of carbonyl (C=O) groups excluding carboxylic acids is 1. The summed E-state index contributed by atoms with van der Waals surface area (Å²) < 4.78 is 46.9. The van der Waals surface area contributed by atoms with Gasteiger partial charge in [0.25, 0.3) is 0 Å². The van der Waals surface area contributed by atoms with Crippen LogP contribution in [0.15, 0.2) is 77.2 Å². The van der Waals surface area contributed by atoms with Gasteiger partial charge in [0, 0.05) is 37.6 Å². The van der Waals surface area contributed by atoms with Crippen molar-refractivity contribution in [1.82, 2.24) is 19.9 Å². The number of benzene rings is 1. The van der Waals surface area contributed by atoms with Crippen molar-refractivity contribution >= 4 is 72.8 Å². The molecule has 0 atom stereocenters. The molecule has 0 bridgehead atoms. The Labute approximate surface area is 285 Å². The Morgan fingerprint density at radius 2 is 1.85 bits per heavy atom. The molecule has 246 valence electrons. The summed E-state index contributed by atoms with van der Waals surface area (Å²) in [5.74, 6) is -0.114. The standard InChI is InChI=1S/C26H24FN5O3S.C7H5ClN2OS/c1-17-24(21-6-2-3-8-28-21)30-20-7-4-5-19(27)23(20)25(17)32-11-14-36(33,34)26-22(32)15-18(16-29-26)31-9-12-35-13-10-31;8-4-1-5-7(9-2-4)12-3-6(11)10-5/h2-8,15-16H,9-14H2,1H3;1-2H,3H2,(H,10,11). The first-order chi connectivity index (χ1) is 23.2. The predicted octanol–water partition coefficient (Wildman–Crippen LogP) is 5.68. The number of pyridine rings is 4. The number of fused-ring (bicyclic) bond motifs is 3. The number of hydrogen-bond acceptors (Lipinski definition) is 11. The predicted molar refractivity (Wildman–Crippen MR) is 185 cm³/mol. The lowest BCUT2D eigenvalue weighted by Gasteiger charge is -2.35. The highest BCUT2D eigenvalue weighted by Crippen LogP contribution is 2.44. The molecule has 5 aromatic rings. The lowest BCUT2D eigenvalue weighted by Crippen LogP contribution is -2.37. The Balaban J connectivity index is 0.000000255. The Bertz CT molecular complexity index is 2150. The number of ether oxygens (including phenoxy) is 1. The number of nitrogens with one attached hydrogen (secondary N) is 1. The molecule has 0 radical (unpaired) electrons. The number of hydrogen-bond donors (Lipinski definition) is 1. The quantitative estimate of drug-likeness (QED) is 0.249. The molecule has 3 aliphatic heterocycles. The smallest absolute Gasteiger partial charge is 0.234 e. The van der Waals surface area contributed by atoms with Gasteiger partial charge in [0.2, 0.25) is 5.91 Å². The van der Waals surface area contributed by atoms with Crippen LogP contribution in [-0.2, 0) is 19.4 Å². The van der Waals surface area contributed by atoms with Crippen molar-refractivity contribution in [3.8, 4) is 11.4 Å². The van der Waals surface area contributed by atoms with Crippen molar-refractivity contribution in [1.29, 1.82) is 0 Å². The maximum absolute atomic E-state index is 15.4. The number of amides is 1. The largest absolute Gasteiger partial charge is 0.378 e. The molecule has 0 aliphatic carbocycles. The summed E-state index contributed by atoms with van der Waals surface area (Å²) in [5, 5.41) is 4.41. The molecule has 15 heteroatoms. The minimum absolute atomic E-state index is 0.00318. The van der Waals surface area contributed by atoms with E-state index >= 15 is 4.39 Å². The first kappa shape index (κ1) is 32.2. The van der Waals surface area contributed by atoms with Crippen LogP contribution >= 0.6 is 23.4 Å². The number of morpholine rings is 1. The third-order valence-electron chi connectivity index (χ3n) is 8.14. The van der Waals surface area contributed by atoms with Crippen molar-refractivity contribution < 1.29 is 22.3 Å². The number of rotatable bonds is 3. The zero-order valence-electron chi connectivity index (χ0n) is 25.7. The van der Waals surface area contributed by atoms with E-state index in [0.29, 0.717) is 82.0 Å². The molecule has 0 saturated carbocycles. The van der Waals surface area contributed by atoms with Crippen LogP contribution in [-0.4, -0.2) is 78.6 Å². The van der Waals surface area contributed by atoms with E-state index < -0.39 is 15.7 Å². The normalized spacial score (nSPS) is 16.8. The molecule has 8 rings (SSSR count). The molecule has 0 unspecified atom stereocenters. The van der Waals surface area contributed by atoms with Crippen molar-refractivity contribution in [3.05, 3.63) is 83.5 Å². The summed E-state index contributed by atoms with van der Waals surface area (Å²) >= 11 is 7.13. The minimum atomic E-state index is -3.59. The summed E-state index contributed by atoms with van der Waals surface area (Å²) in [5.41, 5.74) is 5.01. The third-order valence-corrected chi connectivity index (χ3v) is 11.0. The van der Waals surface area contributed by atoms with Crippen molar-refractivity contribution in [2.45, 2.75) is 17.0 Å². The highest BCUT2D eigenvalue weighted by molar-refractivity contribution is 8.00. The average Bonchev–Trinajstić information content (AvgIpc) is 3.09. The molecule has 11 nitrogen and oxygen atoms in total. The number of nitrogens with zero attached hydrogens (tertiary/aromatic N) is 6. The van der Waals surface area contributed by atoms with E-state index in [1.165, 1.54) is 17.8 Å². The number of carbonyl (C=O) groups is 1. The molecule has 1 fully saturated rings. The van der Waals surface area contributed by atoms with Gasteiger partial charge in [-0.3, -0.25) is 9.78 Å². The van der Waals surface area contributed by atoms with E-state index in [1.54, 1.807) is 36.8 Å². The topological polar surface area (TPSA) is 131 Å². The zero-order valence-corrected chi connectivity index (χ0v) is 28.1. The van der Waals surface area contributed by atoms with Crippen molar-refractivity contribution in [2.24, 2.45) is 0 Å². The molecular formula is C33H29ClFN7O4S2. The number of halogens is 2. The van der Waals surface area contributed by atoms with Crippen LogP contribution in [0.5, 0.6) is 0 Å². The van der Waals surface area contributed by atoms with Crippen LogP contribution in [0.3, 0.4) is 0 Å². The molecule has 4 aromatic heterocycles. The Morgan fingerprint density at radius 1 is 1.02 bits per heavy atom. The molecule has 0 spiro atoms. The maximum Gasteiger partial charge on any atom is 0.234 e. The van der Waals surface area contributed by atoms with Gasteiger partial charge in [-0.25, -0.2) is 27.8 Å². The minimum Gasteiger partial charge on any atom is -0.378 e. The van der Waals surface area contributed by atoms with Crippen molar-refractivity contribution in [2.75, 3.05) is 59.5 Å². The van der Waals surface area contributed by atoms with Crippen LogP contribution in [0.2, 0.25) is 5.02 Å². The summed E-state index contributed by atoms with van der Waals surface area (Å²) in [6.07, 6.45) is 4.86. The van der Waals surface area contributed by atoms with Crippen molar-refractivity contribution in [3.63, 3.8) is 0 Å². The molecule has 1 amide bonds. The summed E-state index contributed by atoms with van der Waals surface area (Å²) in [4.78, 5) is 32.6. The highest BCUT2D eigenvalue weighted by Gasteiger charge is 2.34. The lowest BCUT2D eigenvalue weighted by molar-refractivity contribution is -0.113. The van der Waals surface area contributed by atoms with E-state index in [9.17, 15) is 13.2 Å². The van der Waals surface area contributed by atoms with Gasteiger partial charge in [0.05, 0.1) is 81.0 Å². The Hall–Kier alpha value is -4.37. The van der Waals surface area contributed by atoms with Crippen LogP contribution in [0.25, 0.3) is 22.3 Å². The monoisotopic (exact) mass is 705 g/mol. The second-order valence-electron chi connectivity index (χ2n) is 11.2. The molecule has 3 aliphatic rings. The van der Waals surface area contributed by atoms with Crippen LogP contribution in [0.1, 0.15) is 5.56 Å². The van der Waals surface area contributed by atoms with Crippen LogP contribution in [0, 0.1) is 12.7 Å². The lowest BCUT2D eigenvalue weighted by atomic mass is 10.0. The SMILES string of the molecule is Cc1c(-c2ccccn2)nc2cccc(F)c2c1N1CCS(=O)(=O)c2ncc(N3CCOCC3)cc21.O=C1CSc2ncc(Cl)cc2N1. The third kappa shape index (κ3) is 6.28. The number of sulfone groups is 1. The second kappa shape index (κ2) is 13.3. The average molecular weight is 706 g/mol. The fourth-order valence-electron chi connectivity index (χ4n) is 5.90.